The zero-order chi connectivity index (χ0) is 16.9. The summed E-state index contributed by atoms with van der Waals surface area (Å²) in [6.45, 7) is 0.198. The predicted octanol–water partition coefficient (Wildman–Crippen LogP) is -1.59. The summed E-state index contributed by atoms with van der Waals surface area (Å²) < 4.78 is 23.8. The van der Waals surface area contributed by atoms with Gasteiger partial charge in [0.2, 0.25) is 17.6 Å². The molecule has 3 atom stereocenters. The molecule has 0 aromatic carbocycles. The number of aliphatic hydroxyl groups excluding tert-OH is 2. The second-order valence-electron chi connectivity index (χ2n) is 5.49. The smallest absolute Gasteiger partial charge is 0.246 e. The fourth-order valence-electron chi connectivity index (χ4n) is 3.12. The minimum atomic E-state index is -1.45. The molecule has 0 saturated carbocycles. The first-order valence-electron chi connectivity index (χ1n) is 7.37. The van der Waals surface area contributed by atoms with Gasteiger partial charge in [0.15, 0.2) is 17.4 Å². The van der Waals surface area contributed by atoms with Crippen LogP contribution in [0.5, 0.6) is 5.88 Å². The molecule has 130 valence electrons. The Hall–Kier alpha value is -2.05. The van der Waals surface area contributed by atoms with Crippen molar-refractivity contribution in [2.75, 3.05) is 32.7 Å². The van der Waals surface area contributed by atoms with Crippen LogP contribution in [0, 0.1) is 0 Å². The maximum atomic E-state index is 10.5. The first-order valence-corrected chi connectivity index (χ1v) is 7.37. The topological polar surface area (TPSA) is 147 Å². The number of nitrogens with zero attached hydrogens (tertiary/aromatic N) is 4. The van der Waals surface area contributed by atoms with E-state index in [2.05, 4.69) is 15.0 Å². The first-order chi connectivity index (χ1) is 11.6. The van der Waals surface area contributed by atoms with Gasteiger partial charge in [0.1, 0.15) is 12.2 Å². The first kappa shape index (κ1) is 15.5. The van der Waals surface area contributed by atoms with E-state index in [9.17, 15) is 10.2 Å². The van der Waals surface area contributed by atoms with E-state index in [1.54, 1.807) is 0 Å². The maximum Gasteiger partial charge on any atom is 0.246 e. The van der Waals surface area contributed by atoms with Crippen LogP contribution in [0.25, 0.3) is 11.2 Å². The molecule has 4 rings (SSSR count). The SMILES string of the molecule is COc1nc(N)nc2c1ncn2C1OC(CO)[C@@H](O)C12OCCO2. The summed E-state index contributed by atoms with van der Waals surface area (Å²) in [5.74, 6) is -1.23. The Morgan fingerprint density at radius 1 is 1.42 bits per heavy atom. The van der Waals surface area contributed by atoms with E-state index in [4.69, 9.17) is 24.7 Å². The Balaban J connectivity index is 1.86. The lowest BCUT2D eigenvalue weighted by atomic mass is 10.1. The summed E-state index contributed by atoms with van der Waals surface area (Å²) in [6, 6.07) is 0. The fourth-order valence-corrected chi connectivity index (χ4v) is 3.12. The Morgan fingerprint density at radius 3 is 2.83 bits per heavy atom. The highest BCUT2D eigenvalue weighted by molar-refractivity contribution is 5.77. The van der Waals surface area contributed by atoms with Crippen LogP contribution in [0.1, 0.15) is 6.23 Å². The molecule has 2 aromatic rings. The molecule has 11 heteroatoms. The summed E-state index contributed by atoms with van der Waals surface area (Å²) >= 11 is 0. The third-order valence-electron chi connectivity index (χ3n) is 4.18. The van der Waals surface area contributed by atoms with Gasteiger partial charge in [0.05, 0.1) is 33.3 Å². The van der Waals surface area contributed by atoms with Crippen molar-refractivity contribution in [3.8, 4) is 5.88 Å². The molecule has 2 unspecified atom stereocenters. The van der Waals surface area contributed by atoms with Crippen LogP contribution >= 0.6 is 0 Å². The Bertz CT molecular complexity index is 761. The number of imidazole rings is 1. The zero-order valence-corrected chi connectivity index (χ0v) is 12.8. The molecule has 2 fully saturated rings. The molecule has 0 bridgehead atoms. The van der Waals surface area contributed by atoms with Gasteiger partial charge in [-0.05, 0) is 0 Å². The highest BCUT2D eigenvalue weighted by atomic mass is 16.8. The largest absolute Gasteiger partial charge is 0.479 e. The normalized spacial score (nSPS) is 28.9. The van der Waals surface area contributed by atoms with Crippen molar-refractivity contribution >= 4 is 17.1 Å². The van der Waals surface area contributed by atoms with E-state index >= 15 is 0 Å². The average Bonchev–Trinajstić information content (AvgIpc) is 3.28. The maximum absolute atomic E-state index is 10.5. The van der Waals surface area contributed by atoms with Gasteiger partial charge in [-0.15, -0.1) is 0 Å². The Kier molecular flexibility index (Phi) is 3.54. The lowest BCUT2D eigenvalue weighted by Gasteiger charge is -2.30. The van der Waals surface area contributed by atoms with Crippen LogP contribution in [0.2, 0.25) is 0 Å². The van der Waals surface area contributed by atoms with Crippen molar-refractivity contribution in [2.24, 2.45) is 0 Å². The molecule has 0 aliphatic carbocycles. The minimum Gasteiger partial charge on any atom is -0.479 e. The zero-order valence-electron chi connectivity index (χ0n) is 12.8. The number of nitrogen functional groups attached to an aromatic ring is 1. The van der Waals surface area contributed by atoms with Gasteiger partial charge in [0.25, 0.3) is 0 Å². The number of fused-ring (bicyclic) bond motifs is 1. The summed E-state index contributed by atoms with van der Waals surface area (Å²) in [5.41, 5.74) is 6.44. The van der Waals surface area contributed by atoms with E-state index in [0.29, 0.717) is 24.4 Å². The number of aromatic nitrogens is 4. The lowest BCUT2D eigenvalue weighted by molar-refractivity contribution is -0.242. The van der Waals surface area contributed by atoms with Gasteiger partial charge in [0, 0.05) is 0 Å². The van der Waals surface area contributed by atoms with E-state index < -0.39 is 24.2 Å². The molecular weight excluding hydrogens is 322 g/mol. The predicted molar refractivity (Wildman–Crippen MR) is 77.9 cm³/mol. The van der Waals surface area contributed by atoms with Crippen molar-refractivity contribution in [3.63, 3.8) is 0 Å². The highest BCUT2D eigenvalue weighted by Gasteiger charge is 2.61. The molecule has 11 nitrogen and oxygen atoms in total. The summed E-state index contributed by atoms with van der Waals surface area (Å²) in [7, 11) is 1.45. The van der Waals surface area contributed by atoms with Gasteiger partial charge in [-0.25, -0.2) is 4.98 Å². The van der Waals surface area contributed by atoms with Gasteiger partial charge in [-0.1, -0.05) is 0 Å². The van der Waals surface area contributed by atoms with Gasteiger partial charge >= 0.3 is 0 Å². The third kappa shape index (κ3) is 1.99. The molecule has 4 heterocycles. The number of ether oxygens (including phenoxy) is 4. The van der Waals surface area contributed by atoms with Crippen LogP contribution < -0.4 is 10.5 Å². The molecule has 2 aliphatic rings. The molecule has 1 spiro atoms. The molecule has 2 aromatic heterocycles. The highest BCUT2D eigenvalue weighted by Crippen LogP contribution is 2.45. The van der Waals surface area contributed by atoms with Crippen LogP contribution in [0.4, 0.5) is 5.95 Å². The van der Waals surface area contributed by atoms with Crippen LogP contribution in [-0.4, -0.2) is 74.7 Å². The van der Waals surface area contributed by atoms with Crippen LogP contribution in [-0.2, 0) is 14.2 Å². The van der Waals surface area contributed by atoms with Crippen molar-refractivity contribution in [2.45, 2.75) is 24.2 Å². The van der Waals surface area contributed by atoms with Crippen LogP contribution in [0.15, 0.2) is 6.33 Å². The van der Waals surface area contributed by atoms with Crippen molar-refractivity contribution in [1.29, 1.82) is 0 Å². The van der Waals surface area contributed by atoms with Crippen LogP contribution in [0.3, 0.4) is 0 Å². The summed E-state index contributed by atoms with van der Waals surface area (Å²) in [6.07, 6.45) is -1.50. The second-order valence-corrected chi connectivity index (χ2v) is 5.49. The number of methoxy groups -OCH3 is 1. The fraction of sp³-hybridized carbons (Fsp3) is 0.615. The number of rotatable bonds is 3. The molecule has 2 saturated heterocycles. The number of hydrogen-bond acceptors (Lipinski definition) is 10. The number of nitrogens with two attached hydrogens (primary N) is 1. The molecular formula is C13H17N5O6. The quantitative estimate of drug-likeness (QED) is 0.598. The monoisotopic (exact) mass is 339 g/mol. The van der Waals surface area contributed by atoms with E-state index in [-0.39, 0.29) is 18.4 Å². The van der Waals surface area contributed by atoms with E-state index in [1.165, 1.54) is 18.0 Å². The lowest BCUT2D eigenvalue weighted by Crippen LogP contribution is -2.48. The Labute approximate surface area is 135 Å². The van der Waals surface area contributed by atoms with Crippen molar-refractivity contribution in [3.05, 3.63) is 6.33 Å². The van der Waals surface area contributed by atoms with Crippen molar-refractivity contribution in [1.82, 2.24) is 19.5 Å². The van der Waals surface area contributed by atoms with E-state index in [1.807, 2.05) is 0 Å². The second kappa shape index (κ2) is 5.50. The summed E-state index contributed by atoms with van der Waals surface area (Å²) in [5, 5.41) is 19.9. The molecule has 24 heavy (non-hydrogen) atoms. The number of aliphatic hydroxyl groups is 2. The standard InChI is InChI=1S/C13H17N5O6/c1-21-10-7-9(16-12(14)17-10)18(5-15-7)11-13(22-2-3-23-13)8(20)6(4-19)24-11/h5-6,8,11,19-20H,2-4H2,1H3,(H2,14,16,17)/t6?,8-,11?/m1/s1. The molecule has 0 amide bonds. The molecule has 2 aliphatic heterocycles. The van der Waals surface area contributed by atoms with Gasteiger partial charge < -0.3 is 34.9 Å². The van der Waals surface area contributed by atoms with E-state index in [0.717, 1.165) is 0 Å². The van der Waals surface area contributed by atoms with Gasteiger partial charge in [-0.2, -0.15) is 9.97 Å². The Morgan fingerprint density at radius 2 is 2.17 bits per heavy atom. The number of hydrogen-bond donors (Lipinski definition) is 3. The molecule has 0 radical (unpaired) electrons. The third-order valence-corrected chi connectivity index (χ3v) is 4.18. The summed E-state index contributed by atoms with van der Waals surface area (Å²) in [4.78, 5) is 12.4. The van der Waals surface area contributed by atoms with Gasteiger partial charge in [-0.3, -0.25) is 4.57 Å². The molecule has 4 N–H and O–H groups in total. The minimum absolute atomic E-state index is 0.000613. The van der Waals surface area contributed by atoms with Crippen molar-refractivity contribution < 1.29 is 29.2 Å². The number of anilines is 1. The average molecular weight is 339 g/mol.